The van der Waals surface area contributed by atoms with Crippen molar-refractivity contribution in [2.75, 3.05) is 16.9 Å². The molecular weight excluding hydrogens is 379 g/mol. The molecule has 0 saturated carbocycles. The predicted molar refractivity (Wildman–Crippen MR) is 104 cm³/mol. The van der Waals surface area contributed by atoms with Gasteiger partial charge in [-0.2, -0.15) is 0 Å². The lowest BCUT2D eigenvalue weighted by atomic mass is 10.2. The number of amides is 1. The number of imidazole rings is 1. The van der Waals surface area contributed by atoms with Crippen molar-refractivity contribution in [2.24, 2.45) is 0 Å². The summed E-state index contributed by atoms with van der Waals surface area (Å²) >= 11 is 13.3. The van der Waals surface area contributed by atoms with Crippen LogP contribution in [0.15, 0.2) is 59.9 Å². The molecule has 1 amide bonds. The normalized spacial score (nSPS) is 10.6. The number of nitrogens with one attached hydrogen (secondary N) is 1. The van der Waals surface area contributed by atoms with Gasteiger partial charge < -0.3 is 11.2 Å². The van der Waals surface area contributed by atoms with Crippen LogP contribution >= 0.6 is 35.0 Å². The molecule has 1 aromatic heterocycles. The minimum atomic E-state index is -0.246. The number of benzene rings is 2. The quantitative estimate of drug-likeness (QED) is 0.501. The van der Waals surface area contributed by atoms with Gasteiger partial charge in [0.15, 0.2) is 5.16 Å². The largest absolute Gasteiger partial charge is 0.337 e. The highest BCUT2D eigenvalue weighted by molar-refractivity contribution is 7.99. The lowest BCUT2D eigenvalue weighted by Crippen LogP contribution is -2.16. The molecule has 0 bridgehead atoms. The lowest BCUT2D eigenvalue weighted by Gasteiger charge is -2.08. The zero-order valence-corrected chi connectivity index (χ0v) is 15.3. The number of nitrogen functional groups attached to an aromatic ring is 1. The van der Waals surface area contributed by atoms with Gasteiger partial charge in [0, 0.05) is 5.56 Å². The lowest BCUT2D eigenvalue weighted by molar-refractivity contribution is -0.113. The van der Waals surface area contributed by atoms with Crippen LogP contribution in [0.4, 0.5) is 5.69 Å². The Labute approximate surface area is 159 Å². The fourth-order valence-corrected chi connectivity index (χ4v) is 3.34. The summed E-state index contributed by atoms with van der Waals surface area (Å²) in [5.41, 5.74) is 2.11. The van der Waals surface area contributed by atoms with E-state index in [0.29, 0.717) is 20.9 Å². The summed E-state index contributed by atoms with van der Waals surface area (Å²) in [6.07, 6.45) is 1.72. The van der Waals surface area contributed by atoms with Crippen molar-refractivity contribution in [1.82, 2.24) is 9.66 Å². The first-order valence-electron chi connectivity index (χ1n) is 7.31. The Bertz CT molecular complexity index is 879. The van der Waals surface area contributed by atoms with Gasteiger partial charge in [-0.15, -0.1) is 0 Å². The average Bonchev–Trinajstić information content (AvgIpc) is 2.98. The van der Waals surface area contributed by atoms with Crippen molar-refractivity contribution in [3.63, 3.8) is 0 Å². The zero-order chi connectivity index (χ0) is 17.8. The van der Waals surface area contributed by atoms with Gasteiger partial charge in [-0.1, -0.05) is 71.4 Å². The Morgan fingerprint density at radius 1 is 1.12 bits per heavy atom. The molecule has 3 rings (SSSR count). The number of para-hydroxylation sites is 1. The van der Waals surface area contributed by atoms with Gasteiger partial charge >= 0.3 is 0 Å². The number of thioether (sulfide) groups is 1. The van der Waals surface area contributed by atoms with E-state index in [0.717, 1.165) is 11.3 Å². The van der Waals surface area contributed by atoms with Crippen LogP contribution in [0.2, 0.25) is 10.0 Å². The SMILES string of the molecule is Nn1cc(-c2ccccc2)nc1SCC(=O)Nc1c(Cl)cccc1Cl. The number of halogens is 2. The van der Waals surface area contributed by atoms with Gasteiger partial charge in [0.25, 0.3) is 0 Å². The molecule has 0 saturated heterocycles. The summed E-state index contributed by atoms with van der Waals surface area (Å²) < 4.78 is 1.41. The summed E-state index contributed by atoms with van der Waals surface area (Å²) in [5, 5.41) is 4.02. The van der Waals surface area contributed by atoms with Crippen molar-refractivity contribution >= 4 is 46.6 Å². The topological polar surface area (TPSA) is 72.9 Å². The van der Waals surface area contributed by atoms with Crippen LogP contribution in [-0.4, -0.2) is 21.3 Å². The second-order valence-corrected chi connectivity index (χ2v) is 6.87. The smallest absolute Gasteiger partial charge is 0.234 e. The van der Waals surface area contributed by atoms with E-state index in [1.807, 2.05) is 30.3 Å². The second kappa shape index (κ2) is 7.82. The number of rotatable bonds is 5. The number of nitrogens with two attached hydrogens (primary N) is 1. The summed E-state index contributed by atoms with van der Waals surface area (Å²) in [6, 6.07) is 14.7. The van der Waals surface area contributed by atoms with Crippen LogP contribution in [-0.2, 0) is 4.79 Å². The first-order valence-corrected chi connectivity index (χ1v) is 9.05. The highest BCUT2D eigenvalue weighted by Gasteiger charge is 2.13. The van der Waals surface area contributed by atoms with Gasteiger partial charge in [0.1, 0.15) is 0 Å². The number of nitrogens with zero attached hydrogens (tertiary/aromatic N) is 2. The number of hydrogen-bond donors (Lipinski definition) is 2. The Hall–Kier alpha value is -2.15. The maximum atomic E-state index is 12.2. The average molecular weight is 393 g/mol. The molecule has 3 aromatic rings. The summed E-state index contributed by atoms with van der Waals surface area (Å²) in [5.74, 6) is 5.81. The van der Waals surface area contributed by atoms with Crippen LogP contribution < -0.4 is 11.2 Å². The molecule has 3 N–H and O–H groups in total. The Morgan fingerprint density at radius 3 is 2.48 bits per heavy atom. The fraction of sp³-hybridized carbons (Fsp3) is 0.0588. The van der Waals surface area contributed by atoms with Gasteiger partial charge in [-0.25, -0.2) is 9.66 Å². The molecule has 0 atom stereocenters. The molecule has 25 heavy (non-hydrogen) atoms. The zero-order valence-electron chi connectivity index (χ0n) is 12.9. The molecule has 2 aromatic carbocycles. The third kappa shape index (κ3) is 4.28. The third-order valence-corrected chi connectivity index (χ3v) is 4.92. The van der Waals surface area contributed by atoms with Crippen LogP contribution in [0.25, 0.3) is 11.3 Å². The maximum absolute atomic E-state index is 12.2. The first kappa shape index (κ1) is 17.7. The number of hydrogen-bond acceptors (Lipinski definition) is 4. The van der Waals surface area contributed by atoms with E-state index in [4.69, 9.17) is 29.0 Å². The van der Waals surface area contributed by atoms with Crippen molar-refractivity contribution < 1.29 is 4.79 Å². The monoisotopic (exact) mass is 392 g/mol. The minimum absolute atomic E-state index is 0.129. The Balaban J connectivity index is 1.66. The summed E-state index contributed by atoms with van der Waals surface area (Å²) in [4.78, 5) is 16.6. The molecule has 5 nitrogen and oxygen atoms in total. The van der Waals surface area contributed by atoms with Crippen molar-refractivity contribution in [3.8, 4) is 11.3 Å². The molecule has 0 aliphatic heterocycles. The minimum Gasteiger partial charge on any atom is -0.337 e. The molecular formula is C17H14Cl2N4OS. The van der Waals surface area contributed by atoms with Crippen LogP contribution in [0, 0.1) is 0 Å². The molecule has 128 valence electrons. The second-order valence-electron chi connectivity index (χ2n) is 5.12. The molecule has 0 radical (unpaired) electrons. The Kier molecular flexibility index (Phi) is 5.53. The highest BCUT2D eigenvalue weighted by atomic mass is 35.5. The highest BCUT2D eigenvalue weighted by Crippen LogP contribution is 2.30. The van der Waals surface area contributed by atoms with Crippen molar-refractivity contribution in [3.05, 3.63) is 64.8 Å². The molecule has 0 aliphatic carbocycles. The van der Waals surface area contributed by atoms with Gasteiger partial charge in [-0.3, -0.25) is 4.79 Å². The summed E-state index contributed by atoms with van der Waals surface area (Å²) in [6.45, 7) is 0. The van der Waals surface area contributed by atoms with E-state index in [9.17, 15) is 4.79 Å². The molecule has 1 heterocycles. The number of carbonyl (C=O) groups excluding carboxylic acids is 1. The van der Waals surface area contributed by atoms with E-state index in [-0.39, 0.29) is 11.7 Å². The van der Waals surface area contributed by atoms with E-state index in [2.05, 4.69) is 10.3 Å². The maximum Gasteiger partial charge on any atom is 0.234 e. The van der Waals surface area contributed by atoms with E-state index >= 15 is 0 Å². The molecule has 0 spiro atoms. The van der Waals surface area contributed by atoms with Crippen LogP contribution in [0.3, 0.4) is 0 Å². The summed E-state index contributed by atoms with van der Waals surface area (Å²) in [7, 11) is 0. The van der Waals surface area contributed by atoms with Gasteiger partial charge in [0.2, 0.25) is 5.91 Å². The molecule has 0 fully saturated rings. The van der Waals surface area contributed by atoms with Gasteiger partial charge in [-0.05, 0) is 12.1 Å². The molecule has 0 unspecified atom stereocenters. The van der Waals surface area contributed by atoms with Gasteiger partial charge in [0.05, 0.1) is 33.4 Å². The van der Waals surface area contributed by atoms with E-state index in [1.54, 1.807) is 24.4 Å². The van der Waals surface area contributed by atoms with Crippen molar-refractivity contribution in [1.29, 1.82) is 0 Å². The van der Waals surface area contributed by atoms with Crippen LogP contribution in [0.5, 0.6) is 0 Å². The molecule has 8 heteroatoms. The third-order valence-electron chi connectivity index (χ3n) is 3.33. The fourth-order valence-electron chi connectivity index (χ4n) is 2.15. The standard InChI is InChI=1S/C17H14Cl2N4OS/c18-12-7-4-8-13(19)16(12)22-15(24)10-25-17-21-14(9-23(17)20)11-5-2-1-3-6-11/h1-9H,10,20H2,(H,22,24). The molecule has 0 aliphatic rings. The number of anilines is 1. The van der Waals surface area contributed by atoms with Crippen LogP contribution in [0.1, 0.15) is 0 Å². The van der Waals surface area contributed by atoms with E-state index < -0.39 is 0 Å². The van der Waals surface area contributed by atoms with E-state index in [1.165, 1.54) is 16.4 Å². The first-order chi connectivity index (χ1) is 12.0. The predicted octanol–water partition coefficient (Wildman–Crippen LogP) is 4.30. The Morgan fingerprint density at radius 2 is 1.80 bits per heavy atom. The van der Waals surface area contributed by atoms with Crippen molar-refractivity contribution in [2.45, 2.75) is 5.16 Å². The number of aromatic nitrogens is 2. The number of carbonyl (C=O) groups is 1.